The Morgan fingerprint density at radius 3 is 2.61 bits per heavy atom. The Morgan fingerprint density at radius 2 is 1.71 bits per heavy atom. The van der Waals surface area contributed by atoms with E-state index in [0.29, 0.717) is 5.56 Å². The van der Waals surface area contributed by atoms with Gasteiger partial charge in [-0.2, -0.15) is 0 Å². The fraction of sp³-hybridized carbons (Fsp3) is 0.167. The summed E-state index contributed by atoms with van der Waals surface area (Å²) in [5.41, 5.74) is 7.26. The number of nitrogens with zero attached hydrogens (tertiary/aromatic N) is 2. The van der Waals surface area contributed by atoms with E-state index in [9.17, 15) is 4.79 Å². The average Bonchev–Trinajstić information content (AvgIpc) is 3.18. The highest BCUT2D eigenvalue weighted by atomic mass is 16.1. The van der Waals surface area contributed by atoms with E-state index in [1.807, 2.05) is 71.6 Å². The Balaban J connectivity index is 1.40. The van der Waals surface area contributed by atoms with Crippen LogP contribution in [-0.2, 0) is 12.8 Å². The van der Waals surface area contributed by atoms with E-state index in [1.165, 1.54) is 24.0 Å². The molecule has 4 nitrogen and oxygen atoms in total. The number of fused-ring (bicyclic) bond motifs is 2. The van der Waals surface area contributed by atoms with Gasteiger partial charge in [-0.3, -0.25) is 9.36 Å². The minimum Gasteiger partial charge on any atom is -0.322 e. The first-order valence-electron chi connectivity index (χ1n) is 9.74. The molecule has 0 atom stereocenters. The molecule has 1 heterocycles. The maximum Gasteiger partial charge on any atom is 0.255 e. The van der Waals surface area contributed by atoms with Crippen molar-refractivity contribution in [1.82, 2.24) is 9.55 Å². The van der Waals surface area contributed by atoms with Crippen molar-refractivity contribution in [2.24, 2.45) is 0 Å². The number of nitrogens with one attached hydrogen (secondary N) is 1. The van der Waals surface area contributed by atoms with Gasteiger partial charge in [-0.25, -0.2) is 4.98 Å². The molecule has 0 bridgehead atoms. The molecule has 0 aliphatic heterocycles. The second-order valence-electron chi connectivity index (χ2n) is 7.25. The summed E-state index contributed by atoms with van der Waals surface area (Å²) in [5.74, 6) is -0.0685. The van der Waals surface area contributed by atoms with E-state index in [-0.39, 0.29) is 5.91 Å². The van der Waals surface area contributed by atoms with Crippen LogP contribution >= 0.6 is 0 Å². The van der Waals surface area contributed by atoms with Crippen molar-refractivity contribution in [2.75, 3.05) is 5.32 Å². The standard InChI is InChI=1S/C24H21N3O/c28-24(26-21-10-5-7-17-6-1-2-8-20(17)21)18-12-14-19(15-13-18)27-16-25-22-9-3-4-11-23(22)27/h3-5,7,9-16H,1-2,6,8H2,(H,26,28). The van der Waals surface area contributed by atoms with Crippen molar-refractivity contribution >= 4 is 22.6 Å². The maximum atomic E-state index is 12.8. The van der Waals surface area contributed by atoms with Crippen LogP contribution in [0.25, 0.3) is 16.7 Å². The maximum absolute atomic E-state index is 12.8. The van der Waals surface area contributed by atoms with Crippen LogP contribution in [0.15, 0.2) is 73.1 Å². The molecule has 0 unspecified atom stereocenters. The van der Waals surface area contributed by atoms with Crippen LogP contribution < -0.4 is 5.32 Å². The monoisotopic (exact) mass is 367 g/mol. The molecular formula is C24H21N3O. The molecule has 28 heavy (non-hydrogen) atoms. The Kier molecular flexibility index (Phi) is 4.17. The van der Waals surface area contributed by atoms with Crippen molar-refractivity contribution in [3.8, 4) is 5.69 Å². The SMILES string of the molecule is O=C(Nc1cccc2c1CCCC2)c1ccc(-n2cnc3ccccc32)cc1. The van der Waals surface area contributed by atoms with Crippen molar-refractivity contribution in [3.05, 3.63) is 89.7 Å². The van der Waals surface area contributed by atoms with Crippen LogP contribution in [0, 0.1) is 0 Å². The summed E-state index contributed by atoms with van der Waals surface area (Å²) in [6.07, 6.45) is 6.38. The predicted molar refractivity (Wildman–Crippen MR) is 112 cm³/mol. The molecule has 3 aromatic carbocycles. The van der Waals surface area contributed by atoms with Crippen molar-refractivity contribution < 1.29 is 4.79 Å². The second kappa shape index (κ2) is 6.97. The summed E-state index contributed by atoms with van der Waals surface area (Å²) in [4.78, 5) is 17.2. The largest absolute Gasteiger partial charge is 0.322 e. The van der Waals surface area contributed by atoms with Gasteiger partial charge in [-0.15, -0.1) is 0 Å². The summed E-state index contributed by atoms with van der Waals surface area (Å²) in [6, 6.07) is 21.9. The summed E-state index contributed by atoms with van der Waals surface area (Å²) in [6.45, 7) is 0. The zero-order valence-corrected chi connectivity index (χ0v) is 15.6. The quantitative estimate of drug-likeness (QED) is 0.544. The normalized spacial score (nSPS) is 13.3. The Hall–Kier alpha value is -3.40. The topological polar surface area (TPSA) is 46.9 Å². The lowest BCUT2D eigenvalue weighted by Gasteiger charge is -2.19. The van der Waals surface area contributed by atoms with Gasteiger partial charge in [0.1, 0.15) is 6.33 Å². The number of imidazole rings is 1. The minimum atomic E-state index is -0.0685. The van der Waals surface area contributed by atoms with E-state index in [1.54, 1.807) is 0 Å². The van der Waals surface area contributed by atoms with Gasteiger partial charge < -0.3 is 5.32 Å². The third-order valence-corrected chi connectivity index (χ3v) is 5.51. The highest BCUT2D eigenvalue weighted by Gasteiger charge is 2.15. The van der Waals surface area contributed by atoms with Crippen molar-refractivity contribution in [3.63, 3.8) is 0 Å². The third kappa shape index (κ3) is 2.97. The molecule has 0 spiro atoms. The minimum absolute atomic E-state index is 0.0685. The lowest BCUT2D eigenvalue weighted by molar-refractivity contribution is 0.102. The zero-order chi connectivity index (χ0) is 18.9. The van der Waals surface area contributed by atoms with E-state index in [4.69, 9.17) is 0 Å². The van der Waals surface area contributed by atoms with Gasteiger partial charge in [-0.05, 0) is 79.3 Å². The number of carbonyl (C=O) groups is 1. The Labute approximate surface area is 163 Å². The molecule has 4 aromatic rings. The van der Waals surface area contributed by atoms with Gasteiger partial charge >= 0.3 is 0 Å². The molecule has 4 heteroatoms. The number of benzene rings is 3. The van der Waals surface area contributed by atoms with Gasteiger partial charge in [0.05, 0.1) is 11.0 Å². The third-order valence-electron chi connectivity index (χ3n) is 5.51. The molecule has 5 rings (SSSR count). The van der Waals surface area contributed by atoms with Crippen LogP contribution in [0.2, 0.25) is 0 Å². The Bertz CT molecular complexity index is 1160. The summed E-state index contributed by atoms with van der Waals surface area (Å²) < 4.78 is 2.03. The molecule has 0 saturated carbocycles. The summed E-state index contributed by atoms with van der Waals surface area (Å²) >= 11 is 0. The second-order valence-corrected chi connectivity index (χ2v) is 7.25. The zero-order valence-electron chi connectivity index (χ0n) is 15.6. The first-order chi connectivity index (χ1) is 13.8. The number of hydrogen-bond donors (Lipinski definition) is 1. The van der Waals surface area contributed by atoms with Crippen LogP contribution in [0.5, 0.6) is 0 Å². The van der Waals surface area contributed by atoms with Crippen molar-refractivity contribution in [1.29, 1.82) is 0 Å². The smallest absolute Gasteiger partial charge is 0.255 e. The fourth-order valence-corrected chi connectivity index (χ4v) is 4.03. The molecule has 1 aliphatic carbocycles. The van der Waals surface area contributed by atoms with Gasteiger partial charge in [0.2, 0.25) is 0 Å². The molecule has 0 radical (unpaired) electrons. The van der Waals surface area contributed by atoms with Crippen LogP contribution in [0.1, 0.15) is 34.3 Å². The molecule has 0 fully saturated rings. The van der Waals surface area contributed by atoms with E-state index >= 15 is 0 Å². The van der Waals surface area contributed by atoms with Crippen LogP contribution in [0.4, 0.5) is 5.69 Å². The van der Waals surface area contributed by atoms with Crippen molar-refractivity contribution in [2.45, 2.75) is 25.7 Å². The van der Waals surface area contributed by atoms with Crippen LogP contribution in [0.3, 0.4) is 0 Å². The lowest BCUT2D eigenvalue weighted by Crippen LogP contribution is -2.15. The molecule has 1 aliphatic rings. The van der Waals surface area contributed by atoms with Gasteiger partial charge in [0.15, 0.2) is 0 Å². The number of para-hydroxylation sites is 2. The van der Waals surface area contributed by atoms with Gasteiger partial charge in [-0.1, -0.05) is 24.3 Å². The number of aryl methyl sites for hydroxylation is 1. The number of rotatable bonds is 3. The molecule has 0 saturated heterocycles. The van der Waals surface area contributed by atoms with E-state index < -0.39 is 0 Å². The van der Waals surface area contributed by atoms with Gasteiger partial charge in [0, 0.05) is 16.9 Å². The Morgan fingerprint density at radius 1 is 0.893 bits per heavy atom. The van der Waals surface area contributed by atoms with E-state index in [2.05, 4.69) is 16.4 Å². The summed E-state index contributed by atoms with van der Waals surface area (Å²) in [7, 11) is 0. The molecular weight excluding hydrogens is 346 g/mol. The van der Waals surface area contributed by atoms with E-state index in [0.717, 1.165) is 35.2 Å². The molecule has 1 amide bonds. The summed E-state index contributed by atoms with van der Waals surface area (Å²) in [5, 5.41) is 3.11. The number of carbonyl (C=O) groups excluding carboxylic acids is 1. The average molecular weight is 367 g/mol. The predicted octanol–water partition coefficient (Wildman–Crippen LogP) is 5.16. The highest BCUT2D eigenvalue weighted by molar-refractivity contribution is 6.04. The highest BCUT2D eigenvalue weighted by Crippen LogP contribution is 2.28. The number of aromatic nitrogens is 2. The fourth-order valence-electron chi connectivity index (χ4n) is 4.03. The number of anilines is 1. The molecule has 1 N–H and O–H groups in total. The first-order valence-corrected chi connectivity index (χ1v) is 9.74. The first kappa shape index (κ1) is 16.8. The molecule has 1 aromatic heterocycles. The number of hydrogen-bond acceptors (Lipinski definition) is 2. The molecule has 138 valence electrons. The van der Waals surface area contributed by atoms with Gasteiger partial charge in [0.25, 0.3) is 5.91 Å². The number of amides is 1. The lowest BCUT2D eigenvalue weighted by atomic mass is 9.90. The van der Waals surface area contributed by atoms with Crippen LogP contribution in [-0.4, -0.2) is 15.5 Å².